The highest BCUT2D eigenvalue weighted by molar-refractivity contribution is 5.78. The van der Waals surface area contributed by atoms with Gasteiger partial charge in [0.25, 0.3) is 0 Å². The van der Waals surface area contributed by atoms with Gasteiger partial charge in [0.1, 0.15) is 12.6 Å². The Kier molecular flexibility index (Phi) is 5.83. The van der Waals surface area contributed by atoms with Crippen molar-refractivity contribution in [1.82, 2.24) is 5.48 Å². The number of carbonyl (C=O) groups excluding carboxylic acids is 2. The molecule has 0 spiro atoms. The van der Waals surface area contributed by atoms with Crippen molar-refractivity contribution in [3.05, 3.63) is 35.9 Å². The number of carbonyl (C=O) groups is 2. The predicted octanol–water partition coefficient (Wildman–Crippen LogP) is 0.343. The van der Waals surface area contributed by atoms with Crippen molar-refractivity contribution in [2.45, 2.75) is 25.5 Å². The lowest BCUT2D eigenvalue weighted by Gasteiger charge is -2.10. The van der Waals surface area contributed by atoms with E-state index < -0.39 is 17.9 Å². The summed E-state index contributed by atoms with van der Waals surface area (Å²) < 4.78 is 5.00. The smallest absolute Gasteiger partial charge is 0.323 e. The number of nitrogens with one attached hydrogen (secondary N) is 1. The minimum atomic E-state index is -0.869. The molecule has 6 nitrogen and oxygen atoms in total. The van der Waals surface area contributed by atoms with Crippen LogP contribution in [0.15, 0.2) is 30.3 Å². The molecule has 1 amide bonds. The van der Waals surface area contributed by atoms with Crippen molar-refractivity contribution in [3.63, 3.8) is 0 Å². The maximum atomic E-state index is 11.5. The highest BCUT2D eigenvalue weighted by atomic mass is 16.5. The van der Waals surface area contributed by atoms with E-state index in [2.05, 4.69) is 0 Å². The van der Waals surface area contributed by atoms with E-state index in [-0.39, 0.29) is 19.4 Å². The number of ether oxygens (including phenoxy) is 1. The molecule has 0 saturated carbocycles. The molecule has 1 atom stereocenters. The molecule has 1 rings (SSSR count). The first kappa shape index (κ1) is 14.1. The molecular weight excluding hydrogens is 236 g/mol. The van der Waals surface area contributed by atoms with Gasteiger partial charge in [0.15, 0.2) is 0 Å². The number of nitrogens with two attached hydrogens (primary N) is 1. The van der Waals surface area contributed by atoms with Crippen LogP contribution in [0, 0.1) is 0 Å². The summed E-state index contributed by atoms with van der Waals surface area (Å²) in [5, 5.41) is 8.28. The quantitative estimate of drug-likeness (QED) is 0.385. The molecule has 6 heteroatoms. The van der Waals surface area contributed by atoms with Crippen molar-refractivity contribution in [3.8, 4) is 0 Å². The maximum absolute atomic E-state index is 11.5. The highest BCUT2D eigenvalue weighted by Gasteiger charge is 2.16. The van der Waals surface area contributed by atoms with Gasteiger partial charge in [-0.2, -0.15) is 0 Å². The fraction of sp³-hybridized carbons (Fsp3) is 0.333. The van der Waals surface area contributed by atoms with Gasteiger partial charge in [-0.25, -0.2) is 5.48 Å². The van der Waals surface area contributed by atoms with E-state index in [1.807, 2.05) is 30.3 Å². The second kappa shape index (κ2) is 7.41. The number of amides is 1. The monoisotopic (exact) mass is 252 g/mol. The summed E-state index contributed by atoms with van der Waals surface area (Å²) >= 11 is 0. The summed E-state index contributed by atoms with van der Waals surface area (Å²) in [7, 11) is 0. The van der Waals surface area contributed by atoms with Crippen molar-refractivity contribution in [2.75, 3.05) is 0 Å². The Morgan fingerprint density at radius 2 is 2.00 bits per heavy atom. The molecule has 1 aromatic carbocycles. The van der Waals surface area contributed by atoms with Crippen LogP contribution in [-0.2, 0) is 20.9 Å². The average Bonchev–Trinajstić information content (AvgIpc) is 2.42. The van der Waals surface area contributed by atoms with Gasteiger partial charge in [0.05, 0.1) is 0 Å². The van der Waals surface area contributed by atoms with Crippen molar-refractivity contribution in [2.24, 2.45) is 5.73 Å². The van der Waals surface area contributed by atoms with Crippen LogP contribution in [-0.4, -0.2) is 23.1 Å². The van der Waals surface area contributed by atoms with Gasteiger partial charge in [-0.1, -0.05) is 30.3 Å². The van der Waals surface area contributed by atoms with E-state index in [1.165, 1.54) is 5.48 Å². The summed E-state index contributed by atoms with van der Waals surface area (Å²) in [5.41, 5.74) is 7.89. The van der Waals surface area contributed by atoms with Crippen LogP contribution in [0.25, 0.3) is 0 Å². The molecule has 0 aliphatic carbocycles. The molecule has 0 fully saturated rings. The minimum absolute atomic E-state index is 0.0297. The minimum Gasteiger partial charge on any atom is -0.460 e. The van der Waals surface area contributed by atoms with E-state index in [0.717, 1.165) is 5.56 Å². The summed E-state index contributed by atoms with van der Waals surface area (Å²) in [5.74, 6) is -1.15. The Bertz CT molecular complexity index is 394. The largest absolute Gasteiger partial charge is 0.460 e. The normalized spacial score (nSPS) is 11.7. The third kappa shape index (κ3) is 4.94. The van der Waals surface area contributed by atoms with Gasteiger partial charge in [0.2, 0.25) is 5.91 Å². The fourth-order valence-corrected chi connectivity index (χ4v) is 1.30. The van der Waals surface area contributed by atoms with Crippen LogP contribution in [0.2, 0.25) is 0 Å². The third-order valence-corrected chi connectivity index (χ3v) is 2.33. The van der Waals surface area contributed by atoms with Crippen molar-refractivity contribution < 1.29 is 19.5 Å². The maximum Gasteiger partial charge on any atom is 0.323 e. The molecule has 0 saturated heterocycles. The molecule has 0 aliphatic rings. The number of hydrogen-bond acceptors (Lipinski definition) is 5. The standard InChI is InChI=1S/C12H16N2O4/c13-10(6-7-11(15)14-17)12(16)18-8-9-4-2-1-3-5-9/h1-5,10,17H,6-8,13H2,(H,14,15)/t10-/m0/s1. The van der Waals surface area contributed by atoms with E-state index in [0.29, 0.717) is 0 Å². The Hall–Kier alpha value is -1.92. The topological polar surface area (TPSA) is 102 Å². The van der Waals surface area contributed by atoms with E-state index in [9.17, 15) is 9.59 Å². The fourth-order valence-electron chi connectivity index (χ4n) is 1.30. The number of esters is 1. The summed E-state index contributed by atoms with van der Waals surface area (Å²) in [4.78, 5) is 22.2. The zero-order valence-corrected chi connectivity index (χ0v) is 9.83. The molecule has 0 unspecified atom stereocenters. The van der Waals surface area contributed by atoms with Gasteiger partial charge in [-0.3, -0.25) is 14.8 Å². The second-order valence-electron chi connectivity index (χ2n) is 3.77. The number of hydroxylamine groups is 1. The molecular formula is C12H16N2O4. The lowest BCUT2D eigenvalue weighted by Crippen LogP contribution is -2.33. The lowest BCUT2D eigenvalue weighted by molar-refractivity contribution is -0.146. The predicted molar refractivity (Wildman–Crippen MR) is 63.4 cm³/mol. The first-order valence-corrected chi connectivity index (χ1v) is 5.52. The SMILES string of the molecule is N[C@@H](CCC(=O)NO)C(=O)OCc1ccccc1. The van der Waals surface area contributed by atoms with Crippen LogP contribution in [0.1, 0.15) is 18.4 Å². The number of hydrogen-bond donors (Lipinski definition) is 3. The first-order valence-electron chi connectivity index (χ1n) is 5.52. The second-order valence-corrected chi connectivity index (χ2v) is 3.77. The van der Waals surface area contributed by atoms with Crippen molar-refractivity contribution >= 4 is 11.9 Å². The number of rotatable bonds is 6. The summed E-state index contributed by atoms with van der Waals surface area (Å²) in [6.45, 7) is 0.152. The first-order chi connectivity index (χ1) is 8.63. The van der Waals surface area contributed by atoms with Gasteiger partial charge < -0.3 is 10.5 Å². The molecule has 18 heavy (non-hydrogen) atoms. The van der Waals surface area contributed by atoms with Crippen LogP contribution < -0.4 is 11.2 Å². The zero-order chi connectivity index (χ0) is 13.4. The van der Waals surface area contributed by atoms with E-state index in [4.69, 9.17) is 15.7 Å². The van der Waals surface area contributed by atoms with Crippen molar-refractivity contribution in [1.29, 1.82) is 0 Å². The van der Waals surface area contributed by atoms with E-state index in [1.54, 1.807) is 0 Å². The zero-order valence-electron chi connectivity index (χ0n) is 9.83. The molecule has 98 valence electrons. The van der Waals surface area contributed by atoms with E-state index >= 15 is 0 Å². The molecule has 0 radical (unpaired) electrons. The Morgan fingerprint density at radius 1 is 1.33 bits per heavy atom. The Labute approximate surface area is 105 Å². The molecule has 1 aromatic rings. The van der Waals surface area contributed by atoms with Crippen LogP contribution >= 0.6 is 0 Å². The number of benzene rings is 1. The molecule has 0 bridgehead atoms. The lowest BCUT2D eigenvalue weighted by atomic mass is 10.1. The molecule has 4 N–H and O–H groups in total. The van der Waals surface area contributed by atoms with Gasteiger partial charge in [-0.05, 0) is 12.0 Å². The Morgan fingerprint density at radius 3 is 2.61 bits per heavy atom. The molecule has 0 heterocycles. The van der Waals surface area contributed by atoms with Crippen LogP contribution in [0.4, 0.5) is 0 Å². The summed E-state index contributed by atoms with van der Waals surface area (Å²) in [6.07, 6.45) is 0.0954. The average molecular weight is 252 g/mol. The van der Waals surface area contributed by atoms with Gasteiger partial charge in [0, 0.05) is 6.42 Å². The Balaban J connectivity index is 2.30. The molecule has 0 aliphatic heterocycles. The molecule has 0 aromatic heterocycles. The van der Waals surface area contributed by atoms with Crippen LogP contribution in [0.3, 0.4) is 0 Å². The van der Waals surface area contributed by atoms with Gasteiger partial charge in [-0.15, -0.1) is 0 Å². The van der Waals surface area contributed by atoms with Gasteiger partial charge >= 0.3 is 5.97 Å². The highest BCUT2D eigenvalue weighted by Crippen LogP contribution is 2.03. The van der Waals surface area contributed by atoms with Crippen LogP contribution in [0.5, 0.6) is 0 Å². The summed E-state index contributed by atoms with van der Waals surface area (Å²) in [6, 6.07) is 8.34. The third-order valence-electron chi connectivity index (χ3n) is 2.33.